The lowest BCUT2D eigenvalue weighted by Crippen LogP contribution is -2.23. The summed E-state index contributed by atoms with van der Waals surface area (Å²) >= 11 is 0. The molecule has 1 aromatic rings. The van der Waals surface area contributed by atoms with E-state index in [1.54, 1.807) is 0 Å². The molecule has 0 heterocycles. The van der Waals surface area contributed by atoms with Crippen molar-refractivity contribution in [3.63, 3.8) is 0 Å². The van der Waals surface area contributed by atoms with Crippen LogP contribution >= 0.6 is 0 Å². The molecule has 116 valence electrons. The quantitative estimate of drug-likeness (QED) is 0.778. The van der Waals surface area contributed by atoms with Crippen LogP contribution < -0.4 is 15.8 Å². The van der Waals surface area contributed by atoms with Gasteiger partial charge < -0.3 is 11.1 Å². The van der Waals surface area contributed by atoms with Crippen molar-refractivity contribution in [2.24, 2.45) is 11.7 Å². The summed E-state index contributed by atoms with van der Waals surface area (Å²) in [5.41, 5.74) is 5.91. The monoisotopic (exact) mass is 315 g/mol. The number of rotatable bonds is 4. The number of carbonyl (C=O) groups is 1. The standard InChI is InChI=1S/C13H18FN3O3S/c1-21(19,20)17-12-7-10(4-5-11(12)14)16-13(18)8-2-3-9(15)6-8/h4-5,7-9,17H,2-3,6,15H2,1H3,(H,16,18). The topological polar surface area (TPSA) is 101 Å². The Morgan fingerprint density at radius 2 is 2.10 bits per heavy atom. The number of amides is 1. The van der Waals surface area contributed by atoms with Crippen LogP contribution in [0.25, 0.3) is 0 Å². The fourth-order valence-electron chi connectivity index (χ4n) is 2.38. The van der Waals surface area contributed by atoms with Gasteiger partial charge in [0, 0.05) is 17.6 Å². The van der Waals surface area contributed by atoms with Gasteiger partial charge in [-0.3, -0.25) is 9.52 Å². The Morgan fingerprint density at radius 3 is 2.67 bits per heavy atom. The third-order valence-electron chi connectivity index (χ3n) is 3.37. The van der Waals surface area contributed by atoms with Crippen LogP contribution in [0, 0.1) is 11.7 Å². The fraction of sp³-hybridized carbons (Fsp3) is 0.462. The number of hydrogen-bond acceptors (Lipinski definition) is 4. The van der Waals surface area contributed by atoms with Crippen LogP contribution in [0.4, 0.5) is 15.8 Å². The number of carbonyl (C=O) groups excluding carboxylic acids is 1. The fourth-order valence-corrected chi connectivity index (χ4v) is 2.94. The minimum atomic E-state index is -3.59. The molecule has 0 radical (unpaired) electrons. The SMILES string of the molecule is CS(=O)(=O)Nc1cc(NC(=O)C2CCC(N)C2)ccc1F. The lowest BCUT2D eigenvalue weighted by molar-refractivity contribution is -0.119. The molecule has 1 amide bonds. The zero-order valence-electron chi connectivity index (χ0n) is 11.6. The van der Waals surface area contributed by atoms with Gasteiger partial charge in [-0.05, 0) is 37.5 Å². The van der Waals surface area contributed by atoms with Crippen LogP contribution in [0.2, 0.25) is 0 Å². The average Bonchev–Trinajstić information content (AvgIpc) is 2.78. The van der Waals surface area contributed by atoms with Crippen molar-refractivity contribution < 1.29 is 17.6 Å². The number of anilines is 2. The molecule has 21 heavy (non-hydrogen) atoms. The molecule has 1 aromatic carbocycles. The van der Waals surface area contributed by atoms with Crippen molar-refractivity contribution >= 4 is 27.3 Å². The Morgan fingerprint density at radius 1 is 1.38 bits per heavy atom. The number of halogens is 1. The number of nitrogens with one attached hydrogen (secondary N) is 2. The first-order valence-electron chi connectivity index (χ1n) is 6.58. The van der Waals surface area contributed by atoms with Gasteiger partial charge in [0.2, 0.25) is 15.9 Å². The van der Waals surface area contributed by atoms with E-state index >= 15 is 0 Å². The number of hydrogen-bond donors (Lipinski definition) is 3. The van der Waals surface area contributed by atoms with E-state index in [9.17, 15) is 17.6 Å². The Kier molecular flexibility index (Phi) is 4.48. The van der Waals surface area contributed by atoms with Crippen LogP contribution in [-0.2, 0) is 14.8 Å². The van der Waals surface area contributed by atoms with Crippen LogP contribution in [0.1, 0.15) is 19.3 Å². The minimum Gasteiger partial charge on any atom is -0.328 e. The first-order chi connectivity index (χ1) is 9.74. The second-order valence-electron chi connectivity index (χ2n) is 5.33. The predicted molar refractivity (Wildman–Crippen MR) is 78.8 cm³/mol. The summed E-state index contributed by atoms with van der Waals surface area (Å²) < 4.78 is 37.9. The molecular weight excluding hydrogens is 297 g/mol. The van der Waals surface area contributed by atoms with E-state index in [1.807, 2.05) is 0 Å². The zero-order chi connectivity index (χ0) is 15.6. The molecule has 8 heteroatoms. The molecular formula is C13H18FN3O3S. The van der Waals surface area contributed by atoms with Gasteiger partial charge in [-0.2, -0.15) is 0 Å². The second-order valence-corrected chi connectivity index (χ2v) is 7.08. The van der Waals surface area contributed by atoms with E-state index in [0.717, 1.165) is 25.2 Å². The highest BCUT2D eigenvalue weighted by molar-refractivity contribution is 7.92. The zero-order valence-corrected chi connectivity index (χ0v) is 12.4. The average molecular weight is 315 g/mol. The largest absolute Gasteiger partial charge is 0.328 e. The van der Waals surface area contributed by atoms with Gasteiger partial charge in [0.05, 0.1) is 11.9 Å². The van der Waals surface area contributed by atoms with Crippen molar-refractivity contribution in [2.45, 2.75) is 25.3 Å². The molecule has 0 saturated heterocycles. The highest BCUT2D eigenvalue weighted by atomic mass is 32.2. The molecule has 1 fully saturated rings. The molecule has 6 nitrogen and oxygen atoms in total. The highest BCUT2D eigenvalue weighted by Crippen LogP contribution is 2.26. The molecule has 0 aliphatic heterocycles. The normalized spacial score (nSPS) is 22.0. The number of benzene rings is 1. The second kappa shape index (κ2) is 5.98. The molecule has 2 atom stereocenters. The third kappa shape index (κ3) is 4.40. The lowest BCUT2D eigenvalue weighted by atomic mass is 10.1. The maximum atomic E-state index is 13.5. The molecule has 0 spiro atoms. The molecule has 1 aliphatic rings. The molecule has 4 N–H and O–H groups in total. The van der Waals surface area contributed by atoms with Gasteiger partial charge in [0.1, 0.15) is 5.82 Å². The predicted octanol–water partition coefficient (Wildman–Crippen LogP) is 1.26. The Labute approximate surface area is 123 Å². The maximum absolute atomic E-state index is 13.5. The van der Waals surface area contributed by atoms with E-state index in [2.05, 4.69) is 10.0 Å². The van der Waals surface area contributed by atoms with Gasteiger partial charge in [0.25, 0.3) is 0 Å². The van der Waals surface area contributed by atoms with Crippen molar-refractivity contribution in [3.05, 3.63) is 24.0 Å². The van der Waals surface area contributed by atoms with Crippen molar-refractivity contribution in [1.29, 1.82) is 0 Å². The van der Waals surface area contributed by atoms with Crippen LogP contribution in [0.5, 0.6) is 0 Å². The van der Waals surface area contributed by atoms with Gasteiger partial charge in [0.15, 0.2) is 0 Å². The van der Waals surface area contributed by atoms with E-state index in [0.29, 0.717) is 12.1 Å². The first-order valence-corrected chi connectivity index (χ1v) is 8.47. The van der Waals surface area contributed by atoms with Crippen LogP contribution in [-0.4, -0.2) is 26.6 Å². The van der Waals surface area contributed by atoms with Crippen LogP contribution in [0.3, 0.4) is 0 Å². The third-order valence-corrected chi connectivity index (χ3v) is 3.96. The highest BCUT2D eigenvalue weighted by Gasteiger charge is 2.27. The van der Waals surface area contributed by atoms with E-state index in [4.69, 9.17) is 5.73 Å². The van der Waals surface area contributed by atoms with Gasteiger partial charge >= 0.3 is 0 Å². The molecule has 0 aromatic heterocycles. The Hall–Kier alpha value is -1.67. The number of sulfonamides is 1. The van der Waals surface area contributed by atoms with Gasteiger partial charge in [-0.25, -0.2) is 12.8 Å². The minimum absolute atomic E-state index is 0.0384. The summed E-state index contributed by atoms with van der Waals surface area (Å²) in [7, 11) is -3.59. The molecule has 2 unspecified atom stereocenters. The maximum Gasteiger partial charge on any atom is 0.229 e. The van der Waals surface area contributed by atoms with Crippen LogP contribution in [0.15, 0.2) is 18.2 Å². The smallest absolute Gasteiger partial charge is 0.229 e. The number of nitrogens with two attached hydrogens (primary N) is 1. The van der Waals surface area contributed by atoms with Gasteiger partial charge in [-0.15, -0.1) is 0 Å². The molecule has 1 saturated carbocycles. The van der Waals surface area contributed by atoms with E-state index in [1.165, 1.54) is 12.1 Å². The molecule has 0 bridgehead atoms. The summed E-state index contributed by atoms with van der Waals surface area (Å²) in [4.78, 5) is 12.0. The van der Waals surface area contributed by atoms with E-state index in [-0.39, 0.29) is 23.6 Å². The van der Waals surface area contributed by atoms with Crippen molar-refractivity contribution in [2.75, 3.05) is 16.3 Å². The summed E-state index contributed by atoms with van der Waals surface area (Å²) in [5, 5.41) is 2.66. The van der Waals surface area contributed by atoms with E-state index < -0.39 is 15.8 Å². The Bertz CT molecular complexity index is 648. The lowest BCUT2D eigenvalue weighted by Gasteiger charge is -2.12. The Balaban J connectivity index is 2.10. The van der Waals surface area contributed by atoms with Gasteiger partial charge in [-0.1, -0.05) is 0 Å². The summed E-state index contributed by atoms with van der Waals surface area (Å²) in [6.07, 6.45) is 3.09. The summed E-state index contributed by atoms with van der Waals surface area (Å²) in [6, 6.07) is 3.78. The summed E-state index contributed by atoms with van der Waals surface area (Å²) in [6.45, 7) is 0. The van der Waals surface area contributed by atoms with Crippen molar-refractivity contribution in [1.82, 2.24) is 0 Å². The van der Waals surface area contributed by atoms with Crippen molar-refractivity contribution in [3.8, 4) is 0 Å². The summed E-state index contributed by atoms with van der Waals surface area (Å²) in [5.74, 6) is -1.04. The first kappa shape index (κ1) is 15.7. The molecule has 2 rings (SSSR count). The molecule has 1 aliphatic carbocycles.